The Bertz CT molecular complexity index is 507. The van der Waals surface area contributed by atoms with Gasteiger partial charge in [0.2, 0.25) is 0 Å². The van der Waals surface area contributed by atoms with Crippen LogP contribution in [0.15, 0.2) is 24.3 Å². The van der Waals surface area contributed by atoms with Crippen molar-refractivity contribution < 1.29 is 14.7 Å². The van der Waals surface area contributed by atoms with Crippen molar-refractivity contribution in [3.63, 3.8) is 0 Å². The molecule has 108 valence electrons. The van der Waals surface area contributed by atoms with Gasteiger partial charge in [0, 0.05) is 12.2 Å². The average molecular weight is 294 g/mol. The highest BCUT2D eigenvalue weighted by Crippen LogP contribution is 2.27. The molecule has 1 heterocycles. The molecule has 5 nitrogen and oxygen atoms in total. The molecule has 0 saturated carbocycles. The van der Waals surface area contributed by atoms with Crippen molar-refractivity contribution in [2.75, 3.05) is 23.5 Å². The molecule has 2 amide bonds. The second kappa shape index (κ2) is 6.65. The molecule has 1 aromatic rings. The Morgan fingerprint density at radius 2 is 2.20 bits per heavy atom. The van der Waals surface area contributed by atoms with E-state index in [0.717, 1.165) is 17.7 Å². The fraction of sp³-hybridized carbons (Fsp3) is 0.429. The Balaban J connectivity index is 2.03. The number of nitrogens with one attached hydrogen (secondary N) is 1. The lowest BCUT2D eigenvalue weighted by Crippen LogP contribution is -2.47. The zero-order valence-corrected chi connectivity index (χ0v) is 12.2. The number of fused-ring (bicyclic) bond motifs is 1. The standard InChI is InChI=1S/C14H18N2O3S/c1-20-9-7-11(13(17)18)15-14(19)16-8-6-10-4-2-3-5-12(10)16/h2-5,11H,6-9H2,1H3,(H,15,19)(H,17,18). The monoisotopic (exact) mass is 294 g/mol. The lowest BCUT2D eigenvalue weighted by Gasteiger charge is -2.21. The minimum Gasteiger partial charge on any atom is -0.480 e. The molecule has 0 aliphatic carbocycles. The molecule has 0 fully saturated rings. The zero-order valence-electron chi connectivity index (χ0n) is 11.3. The quantitative estimate of drug-likeness (QED) is 0.871. The van der Waals surface area contributed by atoms with E-state index < -0.39 is 12.0 Å². The number of anilines is 1. The first kappa shape index (κ1) is 14.7. The Labute approximate surface area is 122 Å². The van der Waals surface area contributed by atoms with Gasteiger partial charge in [-0.05, 0) is 36.5 Å². The smallest absolute Gasteiger partial charge is 0.326 e. The summed E-state index contributed by atoms with van der Waals surface area (Å²) in [6, 6.07) is 6.54. The molecule has 0 bridgehead atoms. The van der Waals surface area contributed by atoms with Gasteiger partial charge in [-0.2, -0.15) is 11.8 Å². The summed E-state index contributed by atoms with van der Waals surface area (Å²) in [5.41, 5.74) is 2.00. The summed E-state index contributed by atoms with van der Waals surface area (Å²) >= 11 is 1.57. The molecule has 1 aromatic carbocycles. The summed E-state index contributed by atoms with van der Waals surface area (Å²) < 4.78 is 0. The van der Waals surface area contributed by atoms with E-state index in [9.17, 15) is 9.59 Å². The lowest BCUT2D eigenvalue weighted by atomic mass is 10.2. The summed E-state index contributed by atoms with van der Waals surface area (Å²) in [5.74, 6) is -0.284. The van der Waals surface area contributed by atoms with Crippen LogP contribution in [0.4, 0.5) is 10.5 Å². The molecule has 20 heavy (non-hydrogen) atoms. The highest BCUT2D eigenvalue weighted by Gasteiger charge is 2.27. The van der Waals surface area contributed by atoms with Crippen molar-refractivity contribution in [1.82, 2.24) is 5.32 Å². The van der Waals surface area contributed by atoms with E-state index in [1.165, 1.54) is 0 Å². The van der Waals surface area contributed by atoms with E-state index in [-0.39, 0.29) is 6.03 Å². The van der Waals surface area contributed by atoms with Crippen LogP contribution in [0.5, 0.6) is 0 Å². The lowest BCUT2D eigenvalue weighted by molar-refractivity contribution is -0.139. The van der Waals surface area contributed by atoms with Gasteiger partial charge in [-0.15, -0.1) is 0 Å². The molecule has 1 atom stereocenters. The van der Waals surface area contributed by atoms with Crippen LogP contribution in [-0.2, 0) is 11.2 Å². The molecule has 1 aliphatic rings. The number of nitrogens with zero attached hydrogens (tertiary/aromatic N) is 1. The van der Waals surface area contributed by atoms with Crippen molar-refractivity contribution in [3.05, 3.63) is 29.8 Å². The van der Waals surface area contributed by atoms with Gasteiger partial charge >= 0.3 is 12.0 Å². The first-order valence-corrected chi connectivity index (χ1v) is 7.90. The molecule has 1 aliphatic heterocycles. The van der Waals surface area contributed by atoms with Crippen LogP contribution >= 0.6 is 11.8 Å². The molecule has 2 rings (SSSR count). The first-order valence-electron chi connectivity index (χ1n) is 6.51. The van der Waals surface area contributed by atoms with Crippen molar-refractivity contribution in [2.24, 2.45) is 0 Å². The SMILES string of the molecule is CSCCC(NC(=O)N1CCc2ccccc21)C(=O)O. The van der Waals surface area contributed by atoms with Gasteiger partial charge < -0.3 is 10.4 Å². The molecular weight excluding hydrogens is 276 g/mol. The third kappa shape index (κ3) is 3.25. The Kier molecular flexibility index (Phi) is 4.89. The second-order valence-electron chi connectivity index (χ2n) is 4.65. The van der Waals surface area contributed by atoms with Crippen LogP contribution < -0.4 is 10.2 Å². The van der Waals surface area contributed by atoms with Crippen molar-refractivity contribution in [1.29, 1.82) is 0 Å². The molecule has 0 aromatic heterocycles. The number of thioether (sulfide) groups is 1. The molecular formula is C14H18N2O3S. The van der Waals surface area contributed by atoms with Gasteiger partial charge in [-0.3, -0.25) is 4.90 Å². The van der Waals surface area contributed by atoms with Gasteiger partial charge in [0.1, 0.15) is 6.04 Å². The fourth-order valence-electron chi connectivity index (χ4n) is 2.27. The molecule has 0 spiro atoms. The van der Waals surface area contributed by atoms with Crippen molar-refractivity contribution >= 4 is 29.4 Å². The van der Waals surface area contributed by atoms with E-state index in [4.69, 9.17) is 5.11 Å². The average Bonchev–Trinajstić information content (AvgIpc) is 2.87. The van der Waals surface area contributed by atoms with Crippen LogP contribution in [0.3, 0.4) is 0 Å². The topological polar surface area (TPSA) is 69.6 Å². The van der Waals surface area contributed by atoms with E-state index >= 15 is 0 Å². The summed E-state index contributed by atoms with van der Waals surface area (Å²) in [6.07, 6.45) is 3.15. The van der Waals surface area contributed by atoms with Crippen LogP contribution in [0.25, 0.3) is 0 Å². The minimum atomic E-state index is -0.986. The van der Waals surface area contributed by atoms with Gasteiger partial charge in [-0.1, -0.05) is 18.2 Å². The summed E-state index contributed by atoms with van der Waals surface area (Å²) in [7, 11) is 0. The number of carboxylic acids is 1. The Morgan fingerprint density at radius 3 is 2.90 bits per heavy atom. The van der Waals surface area contributed by atoms with Crippen molar-refractivity contribution in [3.8, 4) is 0 Å². The number of carbonyl (C=O) groups excluding carboxylic acids is 1. The van der Waals surface area contributed by atoms with Crippen molar-refractivity contribution in [2.45, 2.75) is 18.9 Å². The summed E-state index contributed by atoms with van der Waals surface area (Å²) in [4.78, 5) is 25.0. The van der Waals surface area contributed by atoms with E-state index in [2.05, 4.69) is 5.32 Å². The molecule has 2 N–H and O–H groups in total. The van der Waals surface area contributed by atoms with Crippen LogP contribution in [0.2, 0.25) is 0 Å². The maximum Gasteiger partial charge on any atom is 0.326 e. The maximum atomic E-state index is 12.2. The van der Waals surface area contributed by atoms with E-state index in [1.54, 1.807) is 16.7 Å². The van der Waals surface area contributed by atoms with Gasteiger partial charge in [0.15, 0.2) is 0 Å². The maximum absolute atomic E-state index is 12.2. The number of hydrogen-bond donors (Lipinski definition) is 2. The number of carboxylic acid groups (broad SMARTS) is 1. The van der Waals surface area contributed by atoms with E-state index in [1.807, 2.05) is 30.5 Å². The molecule has 0 saturated heterocycles. The third-order valence-electron chi connectivity index (χ3n) is 3.34. The Hall–Kier alpha value is -1.69. The second-order valence-corrected chi connectivity index (χ2v) is 5.64. The number of para-hydroxylation sites is 1. The Morgan fingerprint density at radius 1 is 1.45 bits per heavy atom. The number of rotatable bonds is 5. The fourth-order valence-corrected chi connectivity index (χ4v) is 2.74. The molecule has 1 unspecified atom stereocenters. The van der Waals surface area contributed by atoms with Crippen LogP contribution in [0.1, 0.15) is 12.0 Å². The van der Waals surface area contributed by atoms with Gasteiger partial charge in [0.25, 0.3) is 0 Å². The van der Waals surface area contributed by atoms with Crippen LogP contribution in [-0.4, -0.2) is 41.7 Å². The number of hydrogen-bond acceptors (Lipinski definition) is 3. The summed E-state index contributed by atoms with van der Waals surface area (Å²) in [6.45, 7) is 0.597. The number of carbonyl (C=O) groups is 2. The zero-order chi connectivity index (χ0) is 14.5. The van der Waals surface area contributed by atoms with Gasteiger partial charge in [0.05, 0.1) is 0 Å². The third-order valence-corrected chi connectivity index (χ3v) is 3.98. The number of aliphatic carboxylic acids is 1. The number of benzene rings is 1. The predicted octanol–water partition coefficient (Wildman–Crippen LogP) is 1.96. The van der Waals surface area contributed by atoms with Crippen LogP contribution in [0, 0.1) is 0 Å². The first-order chi connectivity index (χ1) is 9.63. The molecule has 6 heteroatoms. The number of amides is 2. The molecule has 0 radical (unpaired) electrons. The van der Waals surface area contributed by atoms with E-state index in [0.29, 0.717) is 18.7 Å². The van der Waals surface area contributed by atoms with Gasteiger partial charge in [-0.25, -0.2) is 9.59 Å². The highest BCUT2D eigenvalue weighted by molar-refractivity contribution is 7.98. The highest BCUT2D eigenvalue weighted by atomic mass is 32.2. The normalized spacial score (nSPS) is 14.8. The predicted molar refractivity (Wildman–Crippen MR) is 80.4 cm³/mol. The largest absolute Gasteiger partial charge is 0.480 e. The number of urea groups is 1. The summed E-state index contributed by atoms with van der Waals surface area (Å²) in [5, 5.41) is 11.8. The minimum absolute atomic E-state index is 0.330.